The van der Waals surface area contributed by atoms with Crippen LogP contribution in [0.15, 0.2) is 85.2 Å². The molecule has 0 unspecified atom stereocenters. The molecule has 1 amide bonds. The van der Waals surface area contributed by atoms with Crippen molar-refractivity contribution in [1.82, 2.24) is 10.3 Å². The number of amides is 1. The van der Waals surface area contributed by atoms with Crippen molar-refractivity contribution in [3.63, 3.8) is 0 Å². The second-order valence-electron chi connectivity index (χ2n) is 7.84. The number of hydrogen-bond donors (Lipinski definition) is 2. The number of hydrogen-bond acceptors (Lipinski definition) is 7. The number of ether oxygens (including phenoxy) is 1. The van der Waals surface area contributed by atoms with Crippen LogP contribution in [-0.2, 0) is 33.9 Å². The molecule has 186 valence electrons. The van der Waals surface area contributed by atoms with Crippen molar-refractivity contribution in [1.29, 1.82) is 0 Å². The first-order valence-corrected chi connectivity index (χ1v) is 11.2. The van der Waals surface area contributed by atoms with Gasteiger partial charge in [-0.2, -0.15) is 0 Å². The number of alkyl carbamates (subject to hydrolysis) is 1. The Kier molecular flexibility index (Phi) is 11.2. The molecule has 0 atom stereocenters. The number of nitrogens with two attached hydrogens (primary N) is 1. The molecule has 0 aliphatic rings. The Morgan fingerprint density at radius 2 is 1.56 bits per heavy atom. The monoisotopic (exact) mass is 487 g/mol. The number of nitrogens with one attached hydrogen (secondary N) is 1. The van der Waals surface area contributed by atoms with E-state index in [4.69, 9.17) is 10.5 Å². The summed E-state index contributed by atoms with van der Waals surface area (Å²) < 4.78 is 5.13. The number of Topliss-reactive ketones (excluding diaryl/α,β-unsaturated/α-hetero) is 1. The number of allylic oxidation sites excluding steroid dienone is 2. The highest BCUT2D eigenvalue weighted by atomic mass is 16.5. The number of anilines is 1. The summed E-state index contributed by atoms with van der Waals surface area (Å²) in [6.45, 7) is 3.28. The lowest BCUT2D eigenvalue weighted by molar-refractivity contribution is -0.114. The van der Waals surface area contributed by atoms with E-state index in [1.165, 1.54) is 26.0 Å². The van der Waals surface area contributed by atoms with Crippen LogP contribution in [0.25, 0.3) is 0 Å². The van der Waals surface area contributed by atoms with E-state index < -0.39 is 6.09 Å². The minimum absolute atomic E-state index is 0.00621. The van der Waals surface area contributed by atoms with Crippen LogP contribution in [0.2, 0.25) is 0 Å². The molecule has 8 nitrogen and oxygen atoms in total. The molecule has 1 aromatic heterocycles. The fraction of sp³-hybridized carbons (Fsp3) is 0.179. The Bertz CT molecular complexity index is 1190. The van der Waals surface area contributed by atoms with E-state index in [-0.39, 0.29) is 30.4 Å². The zero-order chi connectivity index (χ0) is 26.3. The molecule has 36 heavy (non-hydrogen) atoms. The first-order valence-electron chi connectivity index (χ1n) is 11.2. The van der Waals surface area contributed by atoms with Gasteiger partial charge in [0.25, 0.3) is 0 Å². The summed E-state index contributed by atoms with van der Waals surface area (Å²) >= 11 is 0. The highest BCUT2D eigenvalue weighted by Crippen LogP contribution is 2.15. The maximum absolute atomic E-state index is 12.4. The Labute approximate surface area is 210 Å². The quantitative estimate of drug-likeness (QED) is 0.262. The fourth-order valence-electron chi connectivity index (χ4n) is 2.87. The first kappa shape index (κ1) is 27.7. The van der Waals surface area contributed by atoms with Crippen LogP contribution in [0.4, 0.5) is 10.5 Å². The van der Waals surface area contributed by atoms with E-state index in [0.29, 0.717) is 17.8 Å². The molecule has 0 fully saturated rings. The Morgan fingerprint density at radius 1 is 0.889 bits per heavy atom. The van der Waals surface area contributed by atoms with Crippen molar-refractivity contribution in [3.8, 4) is 0 Å². The summed E-state index contributed by atoms with van der Waals surface area (Å²) in [5, 5.41) is 2.68. The van der Waals surface area contributed by atoms with Gasteiger partial charge in [0.15, 0.2) is 17.3 Å². The van der Waals surface area contributed by atoms with E-state index in [1.807, 2.05) is 36.4 Å². The second-order valence-corrected chi connectivity index (χ2v) is 7.84. The van der Waals surface area contributed by atoms with Crippen molar-refractivity contribution >= 4 is 29.1 Å². The molecule has 3 N–H and O–H groups in total. The standard InChI is InChI=1S/C22H21N3O3.C6H8O2/c23-20-6-2-1-5-19(20)12-21(26)18-9-7-16(8-10-18)14-25-22(27)28-15-17-4-3-11-24-13-17;1-5(7)3-4-6(2)8/h1-11,13H,12,14-15,23H2,(H,25,27);3-4H,1-2H3/b;4-3+. The van der Waals surface area contributed by atoms with Gasteiger partial charge in [-0.25, -0.2) is 4.79 Å². The van der Waals surface area contributed by atoms with Crippen LogP contribution in [0.5, 0.6) is 0 Å². The minimum atomic E-state index is -0.511. The lowest BCUT2D eigenvalue weighted by Gasteiger charge is -2.08. The van der Waals surface area contributed by atoms with Crippen LogP contribution in [0.1, 0.15) is 40.9 Å². The van der Waals surface area contributed by atoms with E-state index in [9.17, 15) is 19.2 Å². The third-order valence-corrected chi connectivity index (χ3v) is 4.76. The predicted molar refractivity (Wildman–Crippen MR) is 137 cm³/mol. The zero-order valence-electron chi connectivity index (χ0n) is 20.3. The maximum atomic E-state index is 12.4. The molecule has 0 aliphatic heterocycles. The maximum Gasteiger partial charge on any atom is 0.407 e. The summed E-state index contributed by atoms with van der Waals surface area (Å²) in [7, 11) is 0. The lowest BCUT2D eigenvalue weighted by atomic mass is 10.0. The smallest absolute Gasteiger partial charge is 0.407 e. The summed E-state index contributed by atoms with van der Waals surface area (Å²) in [6, 6.07) is 18.1. The number of ketones is 3. The Balaban J connectivity index is 0.000000493. The Hall–Kier alpha value is -4.59. The molecule has 0 saturated carbocycles. The van der Waals surface area contributed by atoms with Crippen molar-refractivity contribution in [2.24, 2.45) is 0 Å². The van der Waals surface area contributed by atoms with Crippen LogP contribution in [0, 0.1) is 0 Å². The molecule has 0 bridgehead atoms. The molecule has 1 heterocycles. The third kappa shape index (κ3) is 10.6. The van der Waals surface area contributed by atoms with E-state index >= 15 is 0 Å². The molecular formula is C28H29N3O5. The molecule has 0 aliphatic carbocycles. The largest absolute Gasteiger partial charge is 0.445 e. The molecule has 0 saturated heterocycles. The predicted octanol–water partition coefficient (Wildman–Crippen LogP) is 4.24. The number of carbonyl (C=O) groups excluding carboxylic acids is 4. The SMILES string of the molecule is CC(=O)/C=C/C(C)=O.Nc1ccccc1CC(=O)c1ccc(CNC(=O)OCc2cccnc2)cc1. The second kappa shape index (κ2) is 14.6. The van der Waals surface area contributed by atoms with Gasteiger partial charge in [0.2, 0.25) is 0 Å². The number of nitrogen functional groups attached to an aromatic ring is 1. The molecule has 2 aromatic carbocycles. The van der Waals surface area contributed by atoms with Gasteiger partial charge in [-0.15, -0.1) is 0 Å². The molecule has 8 heteroatoms. The molecule has 0 spiro atoms. The number of carbonyl (C=O) groups is 4. The average molecular weight is 488 g/mol. The highest BCUT2D eigenvalue weighted by Gasteiger charge is 2.09. The summed E-state index contributed by atoms with van der Waals surface area (Å²) in [6.07, 6.45) is 5.55. The first-order chi connectivity index (χ1) is 17.2. The summed E-state index contributed by atoms with van der Waals surface area (Å²) in [5.41, 5.74) is 9.61. The average Bonchev–Trinajstić information content (AvgIpc) is 2.87. The van der Waals surface area contributed by atoms with Gasteiger partial charge in [0, 0.05) is 42.2 Å². The lowest BCUT2D eigenvalue weighted by Crippen LogP contribution is -2.23. The fourth-order valence-corrected chi connectivity index (χ4v) is 2.87. The van der Waals surface area contributed by atoms with Gasteiger partial charge in [-0.3, -0.25) is 19.4 Å². The van der Waals surface area contributed by atoms with E-state index in [0.717, 1.165) is 16.7 Å². The van der Waals surface area contributed by atoms with Gasteiger partial charge in [0.1, 0.15) is 6.61 Å². The van der Waals surface area contributed by atoms with Crippen LogP contribution in [0.3, 0.4) is 0 Å². The highest BCUT2D eigenvalue weighted by molar-refractivity contribution is 5.98. The molecule has 0 radical (unpaired) electrons. The summed E-state index contributed by atoms with van der Waals surface area (Å²) in [4.78, 5) is 48.4. The van der Waals surface area contributed by atoms with Crippen molar-refractivity contribution < 1.29 is 23.9 Å². The molecular weight excluding hydrogens is 458 g/mol. The van der Waals surface area contributed by atoms with Crippen LogP contribution < -0.4 is 11.1 Å². The summed E-state index contributed by atoms with van der Waals surface area (Å²) in [5.74, 6) is -0.200. The van der Waals surface area contributed by atoms with Crippen molar-refractivity contribution in [3.05, 3.63) is 107 Å². The van der Waals surface area contributed by atoms with Crippen LogP contribution in [-0.4, -0.2) is 28.4 Å². The van der Waals surface area contributed by atoms with E-state index in [1.54, 1.807) is 36.7 Å². The van der Waals surface area contributed by atoms with Gasteiger partial charge in [0.05, 0.1) is 0 Å². The van der Waals surface area contributed by atoms with Crippen molar-refractivity contribution in [2.75, 3.05) is 5.73 Å². The zero-order valence-corrected chi connectivity index (χ0v) is 20.3. The van der Waals surface area contributed by atoms with Gasteiger partial charge in [-0.05, 0) is 49.3 Å². The van der Waals surface area contributed by atoms with Gasteiger partial charge < -0.3 is 15.8 Å². The molecule has 3 rings (SSSR count). The molecule has 3 aromatic rings. The third-order valence-electron chi connectivity index (χ3n) is 4.76. The number of benzene rings is 2. The Morgan fingerprint density at radius 3 is 2.14 bits per heavy atom. The van der Waals surface area contributed by atoms with Crippen LogP contribution >= 0.6 is 0 Å². The normalized spacial score (nSPS) is 10.2. The van der Waals surface area contributed by atoms with Gasteiger partial charge >= 0.3 is 6.09 Å². The van der Waals surface area contributed by atoms with Gasteiger partial charge in [-0.1, -0.05) is 48.5 Å². The minimum Gasteiger partial charge on any atom is -0.445 e. The number of nitrogens with zero attached hydrogens (tertiary/aromatic N) is 1. The van der Waals surface area contributed by atoms with Crippen molar-refractivity contribution in [2.45, 2.75) is 33.4 Å². The van der Waals surface area contributed by atoms with E-state index in [2.05, 4.69) is 10.3 Å². The topological polar surface area (TPSA) is 128 Å². The number of aromatic nitrogens is 1. The number of pyridine rings is 1. The number of rotatable bonds is 9. The number of para-hydroxylation sites is 1.